The molecule has 0 radical (unpaired) electrons. The molecule has 1 heterocycles. The molecule has 0 saturated heterocycles. The number of primary amides is 1. The number of pyridine rings is 1. The Labute approximate surface area is 92.6 Å². The second-order valence-electron chi connectivity index (χ2n) is 2.79. The highest BCUT2D eigenvalue weighted by atomic mass is 19.4. The van der Waals surface area contributed by atoms with Crippen LogP contribution in [0.1, 0.15) is 15.9 Å². The van der Waals surface area contributed by atoms with E-state index in [4.69, 9.17) is 16.7 Å². The maximum absolute atomic E-state index is 11.9. The summed E-state index contributed by atoms with van der Waals surface area (Å²) in [4.78, 5) is 14.1. The number of aromatic nitrogens is 1. The number of hydrogen-bond acceptors (Lipinski definition) is 5. The molecule has 0 spiro atoms. The van der Waals surface area contributed by atoms with Crippen LogP contribution in [0, 0.1) is 11.3 Å². The van der Waals surface area contributed by atoms with Crippen LogP contribution in [0.15, 0.2) is 6.07 Å². The molecule has 6 nitrogen and oxygen atoms in total. The maximum Gasteiger partial charge on any atom is 0.574 e. The first-order chi connectivity index (χ1) is 7.74. The van der Waals surface area contributed by atoms with Gasteiger partial charge in [0.15, 0.2) is 0 Å². The van der Waals surface area contributed by atoms with Crippen molar-refractivity contribution in [2.45, 2.75) is 6.36 Å². The zero-order chi connectivity index (χ0) is 13.2. The van der Waals surface area contributed by atoms with E-state index < -0.39 is 35.1 Å². The Bertz CT molecular complexity index is 507. The molecule has 9 heteroatoms. The Morgan fingerprint density at radius 3 is 2.53 bits per heavy atom. The molecule has 0 saturated carbocycles. The van der Waals surface area contributed by atoms with E-state index in [1.807, 2.05) is 0 Å². The van der Waals surface area contributed by atoms with E-state index in [9.17, 15) is 18.0 Å². The molecule has 4 N–H and O–H groups in total. The smallest absolute Gasteiger partial charge is 0.388 e. The summed E-state index contributed by atoms with van der Waals surface area (Å²) in [7, 11) is 0. The highest BCUT2D eigenvalue weighted by Crippen LogP contribution is 2.25. The lowest BCUT2D eigenvalue weighted by molar-refractivity contribution is -0.276. The minimum Gasteiger partial charge on any atom is -0.388 e. The van der Waals surface area contributed by atoms with Gasteiger partial charge in [-0.2, -0.15) is 10.2 Å². The summed E-state index contributed by atoms with van der Waals surface area (Å²) in [6.07, 6.45) is -4.98. The quantitative estimate of drug-likeness (QED) is 0.789. The van der Waals surface area contributed by atoms with Crippen molar-refractivity contribution in [2.75, 3.05) is 5.73 Å². The number of carbonyl (C=O) groups is 1. The monoisotopic (exact) mass is 246 g/mol. The van der Waals surface area contributed by atoms with Crippen molar-refractivity contribution < 1.29 is 22.7 Å². The molecule has 0 fully saturated rings. The zero-order valence-corrected chi connectivity index (χ0v) is 8.08. The number of rotatable bonds is 2. The van der Waals surface area contributed by atoms with E-state index in [-0.39, 0.29) is 0 Å². The van der Waals surface area contributed by atoms with Crippen LogP contribution in [-0.2, 0) is 0 Å². The van der Waals surface area contributed by atoms with E-state index >= 15 is 0 Å². The lowest BCUT2D eigenvalue weighted by atomic mass is 10.1. The summed E-state index contributed by atoms with van der Waals surface area (Å²) >= 11 is 0. The van der Waals surface area contributed by atoms with Gasteiger partial charge in [0.25, 0.3) is 0 Å². The number of halogens is 3. The minimum atomic E-state index is -4.98. The fraction of sp³-hybridized carbons (Fsp3) is 0.125. The first-order valence-electron chi connectivity index (χ1n) is 4.00. The van der Waals surface area contributed by atoms with E-state index in [1.54, 1.807) is 0 Å². The van der Waals surface area contributed by atoms with Gasteiger partial charge in [-0.05, 0) is 0 Å². The first-order valence-corrected chi connectivity index (χ1v) is 4.00. The Morgan fingerprint density at radius 2 is 2.12 bits per heavy atom. The Kier molecular flexibility index (Phi) is 3.08. The van der Waals surface area contributed by atoms with Crippen molar-refractivity contribution in [3.63, 3.8) is 0 Å². The number of carbonyl (C=O) groups excluding carboxylic acids is 1. The van der Waals surface area contributed by atoms with Gasteiger partial charge >= 0.3 is 6.36 Å². The summed E-state index contributed by atoms with van der Waals surface area (Å²) in [5.74, 6) is -2.63. The zero-order valence-electron chi connectivity index (χ0n) is 8.08. The summed E-state index contributed by atoms with van der Waals surface area (Å²) in [6, 6.07) is 2.11. The predicted octanol–water partition coefficient (Wildman–Crippen LogP) is 0.533. The molecule has 1 amide bonds. The molecular formula is C8H5F3N4O2. The standard InChI is InChI=1S/C8H5F3N4O2/c9-8(10,11)17-5-1-3(7(14)16)4(2-12)6(13)15-5/h1H,(H2,13,15)(H2,14,16). The Hall–Kier alpha value is -2.50. The number of hydrogen-bond donors (Lipinski definition) is 2. The number of ether oxygens (including phenoxy) is 1. The van der Waals surface area contributed by atoms with Gasteiger partial charge in [0.1, 0.15) is 17.5 Å². The molecular weight excluding hydrogens is 241 g/mol. The van der Waals surface area contributed by atoms with Crippen molar-refractivity contribution in [2.24, 2.45) is 5.73 Å². The molecule has 90 valence electrons. The molecule has 1 rings (SSSR count). The molecule has 0 aliphatic rings. The van der Waals surface area contributed by atoms with Crippen molar-refractivity contribution in [1.82, 2.24) is 4.98 Å². The molecule has 0 aliphatic carbocycles. The van der Waals surface area contributed by atoms with Crippen LogP contribution in [-0.4, -0.2) is 17.3 Å². The van der Waals surface area contributed by atoms with E-state index in [2.05, 4.69) is 9.72 Å². The largest absolute Gasteiger partial charge is 0.574 e. The highest BCUT2D eigenvalue weighted by molar-refractivity contribution is 5.96. The molecule has 1 aromatic rings. The normalized spacial score (nSPS) is 10.7. The summed E-state index contributed by atoms with van der Waals surface area (Å²) in [5, 5.41) is 8.63. The van der Waals surface area contributed by atoms with E-state index in [0.717, 1.165) is 0 Å². The first kappa shape index (κ1) is 12.6. The number of nitrogens with zero attached hydrogens (tertiary/aromatic N) is 2. The highest BCUT2D eigenvalue weighted by Gasteiger charge is 2.32. The lowest BCUT2D eigenvalue weighted by Gasteiger charge is -2.10. The van der Waals surface area contributed by atoms with Crippen LogP contribution < -0.4 is 16.2 Å². The summed E-state index contributed by atoms with van der Waals surface area (Å²) in [5.41, 5.74) is 9.20. The van der Waals surface area contributed by atoms with Crippen molar-refractivity contribution >= 4 is 11.7 Å². The van der Waals surface area contributed by atoms with Crippen LogP contribution in [0.3, 0.4) is 0 Å². The third kappa shape index (κ3) is 2.97. The van der Waals surface area contributed by atoms with Gasteiger partial charge in [-0.25, -0.2) is 0 Å². The minimum absolute atomic E-state index is 0.396. The van der Waals surface area contributed by atoms with Crippen molar-refractivity contribution in [3.8, 4) is 11.9 Å². The Morgan fingerprint density at radius 1 is 1.53 bits per heavy atom. The molecule has 0 aromatic carbocycles. The fourth-order valence-corrected chi connectivity index (χ4v) is 1.02. The summed E-state index contributed by atoms with van der Waals surface area (Å²) < 4.78 is 39.2. The number of amides is 1. The maximum atomic E-state index is 11.9. The number of alkyl halides is 3. The van der Waals surface area contributed by atoms with Gasteiger partial charge in [0, 0.05) is 6.07 Å². The summed E-state index contributed by atoms with van der Waals surface area (Å²) in [6.45, 7) is 0. The Balaban J connectivity index is 3.31. The number of anilines is 1. The average molecular weight is 246 g/mol. The molecule has 0 unspecified atom stereocenters. The molecule has 1 aromatic heterocycles. The van der Waals surface area contributed by atoms with Gasteiger partial charge in [0.05, 0.1) is 5.56 Å². The average Bonchev–Trinajstić information content (AvgIpc) is 2.13. The molecule has 0 aliphatic heterocycles. The third-order valence-corrected chi connectivity index (χ3v) is 1.62. The number of nitrogens with two attached hydrogens (primary N) is 2. The van der Waals surface area contributed by atoms with Gasteiger partial charge in [-0.3, -0.25) is 4.79 Å². The van der Waals surface area contributed by atoms with Gasteiger partial charge < -0.3 is 16.2 Å². The van der Waals surface area contributed by atoms with E-state index in [1.165, 1.54) is 6.07 Å². The molecule has 0 bridgehead atoms. The predicted molar refractivity (Wildman–Crippen MR) is 48.6 cm³/mol. The number of nitriles is 1. The third-order valence-electron chi connectivity index (χ3n) is 1.62. The second kappa shape index (κ2) is 4.17. The van der Waals surface area contributed by atoms with Crippen LogP contribution in [0.25, 0.3) is 0 Å². The topological polar surface area (TPSA) is 115 Å². The van der Waals surface area contributed by atoms with Gasteiger partial charge in [-0.1, -0.05) is 0 Å². The second-order valence-corrected chi connectivity index (χ2v) is 2.79. The SMILES string of the molecule is N#Cc1c(C(N)=O)cc(OC(F)(F)F)nc1N. The van der Waals surface area contributed by atoms with Gasteiger partial charge in [0.2, 0.25) is 11.8 Å². The van der Waals surface area contributed by atoms with Crippen molar-refractivity contribution in [1.29, 1.82) is 5.26 Å². The fourth-order valence-electron chi connectivity index (χ4n) is 1.02. The molecule has 17 heavy (non-hydrogen) atoms. The van der Waals surface area contributed by atoms with Crippen molar-refractivity contribution in [3.05, 3.63) is 17.2 Å². The van der Waals surface area contributed by atoms with Crippen LogP contribution in [0.2, 0.25) is 0 Å². The van der Waals surface area contributed by atoms with Crippen LogP contribution in [0.4, 0.5) is 19.0 Å². The number of nitrogen functional groups attached to an aromatic ring is 1. The molecule has 0 atom stereocenters. The van der Waals surface area contributed by atoms with Gasteiger partial charge in [-0.15, -0.1) is 13.2 Å². The van der Waals surface area contributed by atoms with Crippen LogP contribution >= 0.6 is 0 Å². The lowest BCUT2D eigenvalue weighted by Crippen LogP contribution is -2.20. The van der Waals surface area contributed by atoms with E-state index in [0.29, 0.717) is 6.07 Å². The van der Waals surface area contributed by atoms with Crippen LogP contribution in [0.5, 0.6) is 5.88 Å².